The summed E-state index contributed by atoms with van der Waals surface area (Å²) in [6.07, 6.45) is -5.10. The van der Waals surface area contributed by atoms with E-state index in [2.05, 4.69) is 5.32 Å². The van der Waals surface area contributed by atoms with Gasteiger partial charge in [-0.25, -0.2) is 0 Å². The van der Waals surface area contributed by atoms with Gasteiger partial charge in [-0.1, -0.05) is 42.5 Å². The number of alkyl halides is 3. The number of halogens is 3. The number of amides is 1. The van der Waals surface area contributed by atoms with Gasteiger partial charge in [0, 0.05) is 6.54 Å². The molecule has 3 nitrogen and oxygen atoms in total. The molecule has 7 heteroatoms. The van der Waals surface area contributed by atoms with Gasteiger partial charge in [0.15, 0.2) is 0 Å². The van der Waals surface area contributed by atoms with Crippen LogP contribution in [0.2, 0.25) is 0 Å². The van der Waals surface area contributed by atoms with Gasteiger partial charge in [-0.05, 0) is 12.0 Å². The lowest BCUT2D eigenvalue weighted by Gasteiger charge is -2.16. The molecular weight excluding hydrogens is 289 g/mol. The Balaban J connectivity index is 2.58. The number of hydrogen-bond acceptors (Lipinski definition) is 2. The molecule has 0 saturated carbocycles. The first kappa shape index (κ1) is 16.4. The summed E-state index contributed by atoms with van der Waals surface area (Å²) < 4.78 is 36.0. The Morgan fingerprint density at radius 3 is 2.40 bits per heavy atom. The number of benzene rings is 1. The summed E-state index contributed by atoms with van der Waals surface area (Å²) in [5.41, 5.74) is 6.34. The fourth-order valence-electron chi connectivity index (χ4n) is 1.62. The second-order valence-corrected chi connectivity index (χ2v) is 4.77. The van der Waals surface area contributed by atoms with Gasteiger partial charge in [0.05, 0.1) is 17.3 Å². The van der Waals surface area contributed by atoms with Crippen molar-refractivity contribution in [1.29, 1.82) is 0 Å². The van der Waals surface area contributed by atoms with E-state index in [4.69, 9.17) is 18.0 Å². The zero-order valence-electron chi connectivity index (χ0n) is 10.6. The topological polar surface area (TPSA) is 55.1 Å². The van der Waals surface area contributed by atoms with E-state index in [9.17, 15) is 18.0 Å². The predicted molar refractivity (Wildman–Crippen MR) is 74.1 cm³/mol. The fourth-order valence-corrected chi connectivity index (χ4v) is 1.81. The van der Waals surface area contributed by atoms with E-state index in [1.54, 1.807) is 24.3 Å². The molecular formula is C13H15F3N2OS. The molecule has 110 valence electrons. The van der Waals surface area contributed by atoms with Gasteiger partial charge in [-0.3, -0.25) is 4.79 Å². The highest BCUT2D eigenvalue weighted by atomic mass is 32.1. The molecule has 1 rings (SSSR count). The standard InChI is InChI=1S/C13H15F3N2OS/c14-13(15,16)6-7-18-12(19)10(11(17)20)8-9-4-2-1-3-5-9/h1-5,10H,6-8H2,(H2,17,20)(H,18,19). The first-order valence-electron chi connectivity index (χ1n) is 5.97. The molecule has 0 bridgehead atoms. The van der Waals surface area contributed by atoms with Crippen LogP contribution in [0, 0.1) is 5.92 Å². The highest BCUT2D eigenvalue weighted by Gasteiger charge is 2.28. The molecule has 1 aromatic carbocycles. The molecule has 0 heterocycles. The lowest BCUT2D eigenvalue weighted by molar-refractivity contribution is -0.136. The molecule has 3 N–H and O–H groups in total. The smallest absolute Gasteiger partial charge is 0.390 e. The van der Waals surface area contributed by atoms with E-state index >= 15 is 0 Å². The Bertz CT molecular complexity index is 462. The van der Waals surface area contributed by atoms with Crippen molar-refractivity contribution in [2.45, 2.75) is 19.0 Å². The van der Waals surface area contributed by atoms with E-state index in [1.165, 1.54) is 0 Å². The number of nitrogens with one attached hydrogen (secondary N) is 1. The van der Waals surface area contributed by atoms with Crippen molar-refractivity contribution in [1.82, 2.24) is 5.32 Å². The number of carbonyl (C=O) groups is 1. The maximum absolute atomic E-state index is 12.0. The Morgan fingerprint density at radius 2 is 1.90 bits per heavy atom. The third-order valence-electron chi connectivity index (χ3n) is 2.65. The van der Waals surface area contributed by atoms with Crippen molar-refractivity contribution in [3.8, 4) is 0 Å². The first-order valence-corrected chi connectivity index (χ1v) is 6.38. The quantitative estimate of drug-likeness (QED) is 0.792. The molecule has 0 saturated heterocycles. The van der Waals surface area contributed by atoms with Gasteiger partial charge < -0.3 is 11.1 Å². The first-order chi connectivity index (χ1) is 9.29. The molecule has 1 atom stereocenters. The molecule has 1 aromatic rings. The minimum Gasteiger partial charge on any atom is -0.393 e. The van der Waals surface area contributed by atoms with E-state index in [-0.39, 0.29) is 11.4 Å². The third-order valence-corrected chi connectivity index (χ3v) is 2.93. The summed E-state index contributed by atoms with van der Waals surface area (Å²) in [6.45, 7) is -0.476. The van der Waals surface area contributed by atoms with Gasteiger partial charge in [0.1, 0.15) is 0 Å². The molecule has 1 amide bonds. The van der Waals surface area contributed by atoms with Crippen molar-refractivity contribution in [3.05, 3.63) is 35.9 Å². The Morgan fingerprint density at radius 1 is 1.30 bits per heavy atom. The molecule has 0 fully saturated rings. The van der Waals surface area contributed by atoms with Crippen molar-refractivity contribution >= 4 is 23.1 Å². The minimum atomic E-state index is -4.30. The number of thiocarbonyl (C=S) groups is 1. The van der Waals surface area contributed by atoms with E-state index in [1.807, 2.05) is 6.07 Å². The van der Waals surface area contributed by atoms with Crippen LogP contribution in [0.15, 0.2) is 30.3 Å². The van der Waals surface area contributed by atoms with Crippen LogP contribution in [0.3, 0.4) is 0 Å². The highest BCUT2D eigenvalue weighted by Crippen LogP contribution is 2.18. The summed E-state index contributed by atoms with van der Waals surface area (Å²) in [7, 11) is 0. The summed E-state index contributed by atoms with van der Waals surface area (Å²) in [4.78, 5) is 11.8. The van der Waals surface area contributed by atoms with Crippen LogP contribution in [-0.4, -0.2) is 23.6 Å². The zero-order chi connectivity index (χ0) is 15.2. The SMILES string of the molecule is NC(=S)C(Cc1ccccc1)C(=O)NCCC(F)(F)F. The van der Waals surface area contributed by atoms with Crippen LogP contribution in [0.4, 0.5) is 13.2 Å². The zero-order valence-corrected chi connectivity index (χ0v) is 11.4. The monoisotopic (exact) mass is 304 g/mol. The number of rotatable bonds is 6. The van der Waals surface area contributed by atoms with Gasteiger partial charge in [0.2, 0.25) is 5.91 Å². The number of nitrogens with two attached hydrogens (primary N) is 1. The average molecular weight is 304 g/mol. The lowest BCUT2D eigenvalue weighted by Crippen LogP contribution is -2.40. The summed E-state index contributed by atoms with van der Waals surface area (Å²) in [5, 5.41) is 2.21. The maximum Gasteiger partial charge on any atom is 0.390 e. The molecule has 20 heavy (non-hydrogen) atoms. The van der Waals surface area contributed by atoms with Gasteiger partial charge in [-0.15, -0.1) is 0 Å². The van der Waals surface area contributed by atoms with Crippen LogP contribution in [0.1, 0.15) is 12.0 Å². The molecule has 0 spiro atoms. The van der Waals surface area contributed by atoms with Crippen LogP contribution in [-0.2, 0) is 11.2 Å². The van der Waals surface area contributed by atoms with E-state index < -0.39 is 31.0 Å². The van der Waals surface area contributed by atoms with Gasteiger partial charge in [-0.2, -0.15) is 13.2 Å². The van der Waals surface area contributed by atoms with E-state index in [0.29, 0.717) is 0 Å². The summed E-state index contributed by atoms with van der Waals surface area (Å²) >= 11 is 4.81. The Hall–Kier alpha value is -1.63. The third kappa shape index (κ3) is 6.01. The molecule has 0 radical (unpaired) electrons. The van der Waals surface area contributed by atoms with Crippen LogP contribution in [0.25, 0.3) is 0 Å². The molecule has 0 aliphatic rings. The fraction of sp³-hybridized carbons (Fsp3) is 0.385. The lowest BCUT2D eigenvalue weighted by atomic mass is 9.98. The predicted octanol–water partition coefficient (Wildman–Crippen LogP) is 2.20. The van der Waals surface area contributed by atoms with Gasteiger partial charge in [0.25, 0.3) is 0 Å². The Kier molecular flexibility index (Phi) is 5.94. The highest BCUT2D eigenvalue weighted by molar-refractivity contribution is 7.80. The normalized spacial score (nSPS) is 12.8. The average Bonchev–Trinajstić information content (AvgIpc) is 2.35. The summed E-state index contributed by atoms with van der Waals surface area (Å²) in [5.74, 6) is -1.38. The van der Waals surface area contributed by atoms with E-state index in [0.717, 1.165) is 5.56 Å². The van der Waals surface area contributed by atoms with Gasteiger partial charge >= 0.3 is 6.18 Å². The van der Waals surface area contributed by atoms with Crippen molar-refractivity contribution in [3.63, 3.8) is 0 Å². The number of carbonyl (C=O) groups excluding carboxylic acids is 1. The van der Waals surface area contributed by atoms with Crippen molar-refractivity contribution < 1.29 is 18.0 Å². The van der Waals surface area contributed by atoms with Crippen LogP contribution in [0.5, 0.6) is 0 Å². The molecule has 0 aliphatic carbocycles. The number of hydrogen-bond donors (Lipinski definition) is 2. The second kappa shape index (κ2) is 7.23. The second-order valence-electron chi connectivity index (χ2n) is 4.30. The minimum absolute atomic E-state index is 0.0293. The van der Waals surface area contributed by atoms with Crippen LogP contribution < -0.4 is 11.1 Å². The molecule has 0 aliphatic heterocycles. The maximum atomic E-state index is 12.0. The molecule has 1 unspecified atom stereocenters. The summed E-state index contributed by atoms with van der Waals surface area (Å²) in [6, 6.07) is 9.02. The molecule has 0 aromatic heterocycles. The van der Waals surface area contributed by atoms with Crippen molar-refractivity contribution in [2.75, 3.05) is 6.54 Å². The van der Waals surface area contributed by atoms with Crippen molar-refractivity contribution in [2.24, 2.45) is 11.7 Å². The van der Waals surface area contributed by atoms with Crippen LogP contribution >= 0.6 is 12.2 Å². The largest absolute Gasteiger partial charge is 0.393 e. The Labute approximate surface area is 120 Å².